The van der Waals surface area contributed by atoms with Gasteiger partial charge in [0, 0.05) is 25.1 Å². The second-order valence-corrected chi connectivity index (χ2v) is 7.00. The molecule has 3 aromatic rings. The normalized spacial score (nSPS) is 21.6. The van der Waals surface area contributed by atoms with E-state index in [1.165, 1.54) is 6.07 Å². The zero-order valence-corrected chi connectivity index (χ0v) is 15.2. The van der Waals surface area contributed by atoms with Crippen LogP contribution >= 0.6 is 0 Å². The van der Waals surface area contributed by atoms with Gasteiger partial charge in [-0.2, -0.15) is 13.2 Å². The number of halogens is 3. The van der Waals surface area contributed by atoms with Gasteiger partial charge < -0.3 is 0 Å². The molecule has 142 valence electrons. The SMILES string of the molecule is CN=C1CC(c2cccc3ccccc23)C(=O)C1c1cccc(C(F)(F)F)c1. The lowest BCUT2D eigenvalue weighted by Crippen LogP contribution is -2.16. The molecule has 1 aliphatic carbocycles. The number of carbonyl (C=O) groups excluding carboxylic acids is 1. The summed E-state index contributed by atoms with van der Waals surface area (Å²) in [5.41, 5.74) is 1.13. The molecule has 1 aliphatic rings. The van der Waals surface area contributed by atoms with E-state index in [1.54, 1.807) is 13.1 Å². The number of aliphatic imine (C=N–C) groups is 1. The fourth-order valence-corrected chi connectivity index (χ4v) is 4.08. The van der Waals surface area contributed by atoms with Crippen LogP contribution in [0, 0.1) is 0 Å². The predicted molar refractivity (Wildman–Crippen MR) is 104 cm³/mol. The van der Waals surface area contributed by atoms with Crippen LogP contribution in [0.15, 0.2) is 71.7 Å². The molecule has 0 radical (unpaired) electrons. The van der Waals surface area contributed by atoms with E-state index in [1.807, 2.05) is 42.5 Å². The lowest BCUT2D eigenvalue weighted by Gasteiger charge is -2.15. The second-order valence-electron chi connectivity index (χ2n) is 7.00. The average molecular weight is 381 g/mol. The summed E-state index contributed by atoms with van der Waals surface area (Å²) in [4.78, 5) is 17.6. The molecular weight excluding hydrogens is 363 g/mol. The van der Waals surface area contributed by atoms with Crippen LogP contribution < -0.4 is 0 Å². The number of rotatable bonds is 2. The van der Waals surface area contributed by atoms with E-state index in [-0.39, 0.29) is 5.78 Å². The van der Waals surface area contributed by atoms with E-state index in [0.29, 0.717) is 17.7 Å². The molecule has 1 fully saturated rings. The van der Waals surface area contributed by atoms with Crippen molar-refractivity contribution < 1.29 is 18.0 Å². The Balaban J connectivity index is 1.78. The summed E-state index contributed by atoms with van der Waals surface area (Å²) in [5.74, 6) is -1.25. The Hall–Kier alpha value is -2.95. The number of carbonyl (C=O) groups is 1. The lowest BCUT2D eigenvalue weighted by molar-refractivity contribution is -0.137. The summed E-state index contributed by atoms with van der Waals surface area (Å²) < 4.78 is 39.4. The number of ketones is 1. The van der Waals surface area contributed by atoms with E-state index in [0.717, 1.165) is 28.5 Å². The maximum absolute atomic E-state index is 13.3. The van der Waals surface area contributed by atoms with Crippen molar-refractivity contribution in [2.24, 2.45) is 4.99 Å². The van der Waals surface area contributed by atoms with Gasteiger partial charge in [-0.15, -0.1) is 0 Å². The zero-order valence-electron chi connectivity index (χ0n) is 15.2. The summed E-state index contributed by atoms with van der Waals surface area (Å²) in [6.07, 6.45) is -4.03. The molecule has 0 heterocycles. The van der Waals surface area contributed by atoms with Gasteiger partial charge in [0.15, 0.2) is 5.78 Å². The number of benzene rings is 3. The fourth-order valence-electron chi connectivity index (χ4n) is 4.08. The molecule has 2 nitrogen and oxygen atoms in total. The zero-order chi connectivity index (χ0) is 19.9. The number of fused-ring (bicyclic) bond motifs is 1. The van der Waals surface area contributed by atoms with Gasteiger partial charge in [0.2, 0.25) is 0 Å². The van der Waals surface area contributed by atoms with E-state index in [4.69, 9.17) is 0 Å². The van der Waals surface area contributed by atoms with Crippen molar-refractivity contribution in [3.8, 4) is 0 Å². The smallest absolute Gasteiger partial charge is 0.298 e. The number of Topliss-reactive ketones (excluding diaryl/α,β-unsaturated/α-hetero) is 1. The van der Waals surface area contributed by atoms with E-state index in [2.05, 4.69) is 4.99 Å². The Morgan fingerprint density at radius 1 is 0.964 bits per heavy atom. The van der Waals surface area contributed by atoms with Gasteiger partial charge in [-0.1, -0.05) is 60.7 Å². The molecule has 28 heavy (non-hydrogen) atoms. The van der Waals surface area contributed by atoms with Gasteiger partial charge >= 0.3 is 6.18 Å². The molecule has 0 spiro atoms. The van der Waals surface area contributed by atoms with Gasteiger partial charge in [0.05, 0.1) is 11.5 Å². The summed E-state index contributed by atoms with van der Waals surface area (Å²) >= 11 is 0. The van der Waals surface area contributed by atoms with Crippen LogP contribution in [0.3, 0.4) is 0 Å². The molecule has 0 aromatic heterocycles. The number of alkyl halides is 3. The van der Waals surface area contributed by atoms with Crippen LogP contribution in [0.4, 0.5) is 13.2 Å². The monoisotopic (exact) mass is 381 g/mol. The van der Waals surface area contributed by atoms with Gasteiger partial charge in [0.25, 0.3) is 0 Å². The van der Waals surface area contributed by atoms with Crippen molar-refractivity contribution in [2.45, 2.75) is 24.4 Å². The van der Waals surface area contributed by atoms with Crippen LogP contribution in [0.5, 0.6) is 0 Å². The molecule has 0 saturated heterocycles. The van der Waals surface area contributed by atoms with Crippen molar-refractivity contribution >= 4 is 22.3 Å². The number of nitrogens with zero attached hydrogens (tertiary/aromatic N) is 1. The first-order valence-electron chi connectivity index (χ1n) is 9.04. The minimum Gasteiger partial charge on any atom is -0.298 e. The van der Waals surface area contributed by atoms with Crippen LogP contribution in [-0.2, 0) is 11.0 Å². The van der Waals surface area contributed by atoms with Crippen LogP contribution in [0.1, 0.15) is 34.9 Å². The summed E-state index contributed by atoms with van der Waals surface area (Å²) in [5, 5.41) is 2.02. The Morgan fingerprint density at radius 2 is 1.68 bits per heavy atom. The highest BCUT2D eigenvalue weighted by Crippen LogP contribution is 2.42. The van der Waals surface area contributed by atoms with Crippen molar-refractivity contribution in [3.63, 3.8) is 0 Å². The largest absolute Gasteiger partial charge is 0.416 e. The Kier molecular flexibility index (Phi) is 4.53. The average Bonchev–Trinajstić information content (AvgIpc) is 3.03. The molecule has 1 saturated carbocycles. The van der Waals surface area contributed by atoms with E-state index in [9.17, 15) is 18.0 Å². The molecule has 2 atom stereocenters. The predicted octanol–water partition coefficient (Wildman–Crippen LogP) is 5.77. The fraction of sp³-hybridized carbons (Fsp3) is 0.217. The Morgan fingerprint density at radius 3 is 2.43 bits per heavy atom. The van der Waals surface area contributed by atoms with Gasteiger partial charge in [-0.05, 0) is 28.0 Å². The molecule has 5 heteroatoms. The highest BCUT2D eigenvalue weighted by Gasteiger charge is 2.42. The molecular formula is C23H18F3NO. The minimum atomic E-state index is -4.45. The Labute approximate surface area is 160 Å². The van der Waals surface area contributed by atoms with Crippen molar-refractivity contribution in [3.05, 3.63) is 83.4 Å². The first kappa shape index (κ1) is 18.4. The van der Waals surface area contributed by atoms with Crippen LogP contribution in [-0.4, -0.2) is 18.5 Å². The number of hydrogen-bond acceptors (Lipinski definition) is 2. The maximum Gasteiger partial charge on any atom is 0.416 e. The van der Waals surface area contributed by atoms with E-state index < -0.39 is 23.6 Å². The minimum absolute atomic E-state index is 0.101. The highest BCUT2D eigenvalue weighted by molar-refractivity contribution is 6.19. The Bertz CT molecular complexity index is 1080. The van der Waals surface area contributed by atoms with Crippen molar-refractivity contribution in [1.82, 2.24) is 0 Å². The molecule has 4 rings (SSSR count). The standard InChI is InChI=1S/C23H18F3NO/c1-27-20-13-19(18-11-5-7-14-6-2-3-10-17(14)18)22(28)21(20)15-8-4-9-16(12-15)23(24,25)26/h2-12,19,21H,13H2,1H3. The third-order valence-electron chi connectivity index (χ3n) is 5.41. The number of hydrogen-bond donors (Lipinski definition) is 0. The molecule has 0 amide bonds. The van der Waals surface area contributed by atoms with Gasteiger partial charge in [0.1, 0.15) is 0 Å². The van der Waals surface area contributed by atoms with Gasteiger partial charge in [-0.25, -0.2) is 0 Å². The first-order valence-corrected chi connectivity index (χ1v) is 9.04. The van der Waals surface area contributed by atoms with Crippen LogP contribution in [0.2, 0.25) is 0 Å². The van der Waals surface area contributed by atoms with Crippen molar-refractivity contribution in [2.75, 3.05) is 7.05 Å². The summed E-state index contributed by atoms with van der Waals surface area (Å²) in [6, 6.07) is 18.6. The lowest BCUT2D eigenvalue weighted by atomic mass is 9.88. The first-order chi connectivity index (χ1) is 13.4. The summed E-state index contributed by atoms with van der Waals surface area (Å²) in [7, 11) is 1.59. The molecule has 0 bridgehead atoms. The second kappa shape index (κ2) is 6.89. The summed E-state index contributed by atoms with van der Waals surface area (Å²) in [6.45, 7) is 0. The highest BCUT2D eigenvalue weighted by atomic mass is 19.4. The quantitative estimate of drug-likeness (QED) is 0.554. The van der Waals surface area contributed by atoms with Crippen LogP contribution in [0.25, 0.3) is 10.8 Å². The van der Waals surface area contributed by atoms with E-state index >= 15 is 0 Å². The molecule has 2 unspecified atom stereocenters. The third kappa shape index (κ3) is 3.11. The van der Waals surface area contributed by atoms with Crippen molar-refractivity contribution in [1.29, 1.82) is 0 Å². The third-order valence-corrected chi connectivity index (χ3v) is 5.41. The topological polar surface area (TPSA) is 29.4 Å². The molecule has 3 aromatic carbocycles. The molecule has 0 N–H and O–H groups in total. The van der Waals surface area contributed by atoms with Gasteiger partial charge in [-0.3, -0.25) is 9.79 Å². The molecule has 0 aliphatic heterocycles. The maximum atomic E-state index is 13.3.